The van der Waals surface area contributed by atoms with Crippen molar-refractivity contribution in [3.8, 4) is 0 Å². The van der Waals surface area contributed by atoms with Crippen molar-refractivity contribution in [1.82, 2.24) is 0 Å². The lowest BCUT2D eigenvalue weighted by atomic mass is 9.82. The van der Waals surface area contributed by atoms with Crippen molar-refractivity contribution in [2.24, 2.45) is 29.6 Å². The molecule has 1 aliphatic rings. The molecule has 134 valence electrons. The Morgan fingerprint density at radius 1 is 1.04 bits per heavy atom. The van der Waals surface area contributed by atoms with Crippen LogP contribution in [-0.2, 0) is 9.59 Å². The number of carbonyl (C=O) groups excluding carboxylic acids is 2. The van der Waals surface area contributed by atoms with E-state index in [0.717, 1.165) is 18.3 Å². The van der Waals surface area contributed by atoms with Gasteiger partial charge in [-0.05, 0) is 43.4 Å². The van der Waals surface area contributed by atoms with Gasteiger partial charge in [0.05, 0.1) is 0 Å². The van der Waals surface area contributed by atoms with Crippen LogP contribution in [0.15, 0.2) is 0 Å². The first-order valence-corrected chi connectivity index (χ1v) is 10.4. The number of thioether (sulfide) groups is 1. The predicted molar refractivity (Wildman–Crippen MR) is 101 cm³/mol. The highest BCUT2D eigenvalue weighted by atomic mass is 32.2. The van der Waals surface area contributed by atoms with E-state index in [1.807, 2.05) is 27.7 Å². The maximum Gasteiger partial charge on any atom is 0.192 e. The van der Waals surface area contributed by atoms with E-state index in [1.165, 1.54) is 31.0 Å². The molecule has 1 unspecified atom stereocenters. The van der Waals surface area contributed by atoms with Crippen LogP contribution < -0.4 is 0 Å². The largest absolute Gasteiger partial charge is 0.299 e. The lowest BCUT2D eigenvalue weighted by Gasteiger charge is -2.23. The molecule has 1 rings (SSSR count). The van der Waals surface area contributed by atoms with Gasteiger partial charge in [0, 0.05) is 23.5 Å². The highest BCUT2D eigenvalue weighted by Gasteiger charge is 2.33. The van der Waals surface area contributed by atoms with Gasteiger partial charge in [-0.3, -0.25) is 9.59 Å². The van der Waals surface area contributed by atoms with Gasteiger partial charge in [-0.25, -0.2) is 0 Å². The monoisotopic (exact) mass is 340 g/mol. The molecule has 1 saturated carbocycles. The molecule has 0 radical (unpaired) electrons. The molecular weight excluding hydrogens is 304 g/mol. The average molecular weight is 341 g/mol. The first-order chi connectivity index (χ1) is 10.8. The topological polar surface area (TPSA) is 34.1 Å². The van der Waals surface area contributed by atoms with Crippen molar-refractivity contribution in [2.75, 3.05) is 0 Å². The molecule has 0 aromatic heterocycles. The molecule has 0 aromatic rings. The Bertz CT molecular complexity index is 387. The standard InChI is InChI=1S/C20H36O2S/c1-7-18(17-9-10-17)14(4)8-11-19(21)15(5)12-16(6)20(22)23-13(2)3/h13-18H,7-12H2,1-6H3/t14-,15-,16+,18?/m1/s1. The van der Waals surface area contributed by atoms with Crippen LogP contribution in [0.4, 0.5) is 0 Å². The SMILES string of the molecule is CCC(C1CC1)[C@H](C)CCC(=O)[C@H](C)C[C@H](C)C(=O)SC(C)C. The molecule has 0 aliphatic heterocycles. The molecule has 0 aromatic carbocycles. The Kier molecular flexibility index (Phi) is 8.89. The number of rotatable bonds is 11. The smallest absolute Gasteiger partial charge is 0.192 e. The summed E-state index contributed by atoms with van der Waals surface area (Å²) in [6.45, 7) is 12.6. The Hall–Kier alpha value is -0.310. The minimum Gasteiger partial charge on any atom is -0.299 e. The van der Waals surface area contributed by atoms with E-state index >= 15 is 0 Å². The third kappa shape index (κ3) is 7.41. The molecular formula is C20H36O2S. The highest BCUT2D eigenvalue weighted by molar-refractivity contribution is 8.14. The van der Waals surface area contributed by atoms with E-state index in [4.69, 9.17) is 0 Å². The maximum atomic E-state index is 12.4. The summed E-state index contributed by atoms with van der Waals surface area (Å²) in [5.41, 5.74) is 0. The average Bonchev–Trinajstić information content (AvgIpc) is 3.29. The zero-order chi connectivity index (χ0) is 17.6. The molecule has 0 amide bonds. The summed E-state index contributed by atoms with van der Waals surface area (Å²) in [5, 5.41) is 0.554. The first kappa shape index (κ1) is 20.7. The van der Waals surface area contributed by atoms with Crippen molar-refractivity contribution in [1.29, 1.82) is 0 Å². The molecule has 1 fully saturated rings. The van der Waals surface area contributed by atoms with Gasteiger partial charge in [-0.2, -0.15) is 0 Å². The number of hydrogen-bond donors (Lipinski definition) is 0. The normalized spacial score (nSPS) is 20.1. The summed E-state index contributed by atoms with van der Waals surface area (Å²) < 4.78 is 0. The van der Waals surface area contributed by atoms with Crippen LogP contribution in [0.5, 0.6) is 0 Å². The fourth-order valence-electron chi connectivity index (χ4n) is 3.66. The lowest BCUT2D eigenvalue weighted by molar-refractivity contribution is -0.123. The van der Waals surface area contributed by atoms with Gasteiger partial charge in [0.15, 0.2) is 5.12 Å². The zero-order valence-corrected chi connectivity index (χ0v) is 16.7. The molecule has 4 atom stereocenters. The minimum absolute atomic E-state index is 0.00918. The van der Waals surface area contributed by atoms with Crippen molar-refractivity contribution in [3.05, 3.63) is 0 Å². The van der Waals surface area contributed by atoms with Crippen LogP contribution in [0, 0.1) is 29.6 Å². The number of ketones is 1. The van der Waals surface area contributed by atoms with E-state index in [-0.39, 0.29) is 17.0 Å². The molecule has 0 N–H and O–H groups in total. The van der Waals surface area contributed by atoms with Gasteiger partial charge in [0.2, 0.25) is 0 Å². The Morgan fingerprint density at radius 3 is 2.13 bits per heavy atom. The summed E-state index contributed by atoms with van der Waals surface area (Å²) in [7, 11) is 0. The van der Waals surface area contributed by atoms with Crippen LogP contribution in [0.3, 0.4) is 0 Å². The summed E-state index contributed by atoms with van der Waals surface area (Å²) in [4.78, 5) is 24.4. The van der Waals surface area contributed by atoms with E-state index in [9.17, 15) is 9.59 Å². The molecule has 0 saturated heterocycles. The number of hydrogen-bond acceptors (Lipinski definition) is 3. The third-order valence-electron chi connectivity index (χ3n) is 5.29. The van der Waals surface area contributed by atoms with Crippen molar-refractivity contribution in [3.63, 3.8) is 0 Å². The van der Waals surface area contributed by atoms with Gasteiger partial charge in [0.25, 0.3) is 0 Å². The lowest BCUT2D eigenvalue weighted by Crippen LogP contribution is -2.20. The number of Topliss-reactive ketones (excluding diaryl/α,β-unsaturated/α-hetero) is 1. The molecule has 1 aliphatic carbocycles. The van der Waals surface area contributed by atoms with Crippen LogP contribution in [-0.4, -0.2) is 16.1 Å². The zero-order valence-electron chi connectivity index (χ0n) is 15.9. The Balaban J connectivity index is 2.34. The molecule has 3 heteroatoms. The minimum atomic E-state index is -0.0198. The van der Waals surface area contributed by atoms with Crippen LogP contribution >= 0.6 is 11.8 Å². The van der Waals surface area contributed by atoms with Gasteiger partial charge < -0.3 is 0 Å². The number of carbonyl (C=O) groups is 2. The van der Waals surface area contributed by atoms with Crippen LogP contribution in [0.2, 0.25) is 0 Å². The molecule has 23 heavy (non-hydrogen) atoms. The first-order valence-electron chi connectivity index (χ1n) is 9.49. The predicted octanol–water partition coefficient (Wildman–Crippen LogP) is 5.74. The summed E-state index contributed by atoms with van der Waals surface area (Å²) in [5.74, 6) is 2.72. The van der Waals surface area contributed by atoms with Gasteiger partial charge in [-0.15, -0.1) is 0 Å². The summed E-state index contributed by atoms with van der Waals surface area (Å²) in [6.07, 6.45) is 6.42. The third-order valence-corrected chi connectivity index (χ3v) is 6.39. The van der Waals surface area contributed by atoms with Crippen LogP contribution in [0.1, 0.15) is 80.1 Å². The second-order valence-corrected chi connectivity index (χ2v) is 9.50. The Morgan fingerprint density at radius 2 is 1.65 bits per heavy atom. The van der Waals surface area contributed by atoms with Crippen molar-refractivity contribution >= 4 is 22.7 Å². The van der Waals surface area contributed by atoms with E-state index in [0.29, 0.717) is 29.8 Å². The fraction of sp³-hybridized carbons (Fsp3) is 0.900. The van der Waals surface area contributed by atoms with E-state index in [2.05, 4.69) is 13.8 Å². The summed E-state index contributed by atoms with van der Waals surface area (Å²) >= 11 is 1.40. The Labute approximate surface area is 147 Å². The van der Waals surface area contributed by atoms with E-state index < -0.39 is 0 Å². The second-order valence-electron chi connectivity index (χ2n) is 7.92. The van der Waals surface area contributed by atoms with Gasteiger partial charge >= 0.3 is 0 Å². The highest BCUT2D eigenvalue weighted by Crippen LogP contribution is 2.43. The fourth-order valence-corrected chi connectivity index (χ4v) is 4.45. The summed E-state index contributed by atoms with van der Waals surface area (Å²) in [6, 6.07) is 0. The van der Waals surface area contributed by atoms with Gasteiger partial charge in [0.1, 0.15) is 5.78 Å². The van der Waals surface area contributed by atoms with Crippen molar-refractivity contribution < 1.29 is 9.59 Å². The molecule has 0 heterocycles. The second kappa shape index (κ2) is 9.86. The quantitative estimate of drug-likeness (QED) is 0.481. The molecule has 0 spiro atoms. The van der Waals surface area contributed by atoms with Crippen molar-refractivity contribution in [2.45, 2.75) is 85.3 Å². The van der Waals surface area contributed by atoms with Crippen LogP contribution in [0.25, 0.3) is 0 Å². The maximum absolute atomic E-state index is 12.4. The molecule has 0 bridgehead atoms. The molecule has 2 nitrogen and oxygen atoms in total. The van der Waals surface area contributed by atoms with E-state index in [1.54, 1.807) is 0 Å². The van der Waals surface area contributed by atoms with Gasteiger partial charge in [-0.1, -0.05) is 59.7 Å².